The molecule has 1 aliphatic carbocycles. The Labute approximate surface area is 105 Å². The monoisotopic (exact) mass is 253 g/mol. The molecule has 18 heavy (non-hydrogen) atoms. The lowest BCUT2D eigenvalue weighted by molar-refractivity contribution is 0.0450. The molecule has 3 atom stereocenters. The van der Waals surface area contributed by atoms with Crippen molar-refractivity contribution in [2.24, 2.45) is 5.92 Å². The molecule has 1 heterocycles. The summed E-state index contributed by atoms with van der Waals surface area (Å²) < 4.78 is 32.7. The van der Waals surface area contributed by atoms with Crippen molar-refractivity contribution in [1.82, 2.24) is 5.32 Å². The highest BCUT2D eigenvalue weighted by atomic mass is 19.1. The second kappa shape index (κ2) is 4.94. The topological polar surface area (TPSA) is 21.3 Å². The zero-order valence-corrected chi connectivity index (χ0v) is 10.2. The van der Waals surface area contributed by atoms with Crippen molar-refractivity contribution >= 4 is 0 Å². The van der Waals surface area contributed by atoms with Crippen molar-refractivity contribution < 1.29 is 13.5 Å². The van der Waals surface area contributed by atoms with Crippen LogP contribution in [0.1, 0.15) is 30.9 Å². The number of nitrogens with one attached hydrogen (secondary N) is 1. The van der Waals surface area contributed by atoms with Gasteiger partial charge in [-0.2, -0.15) is 0 Å². The molecule has 1 saturated heterocycles. The molecule has 3 unspecified atom stereocenters. The largest absolute Gasteiger partial charge is 0.372 e. The Morgan fingerprint density at radius 2 is 2.11 bits per heavy atom. The molecule has 0 aromatic heterocycles. The van der Waals surface area contributed by atoms with Crippen molar-refractivity contribution in [3.63, 3.8) is 0 Å². The van der Waals surface area contributed by atoms with E-state index in [0.717, 1.165) is 18.9 Å². The number of fused-ring (bicyclic) bond motifs is 1. The summed E-state index contributed by atoms with van der Waals surface area (Å²) in [5, 5.41) is 3.42. The third-order valence-electron chi connectivity index (χ3n) is 4.04. The van der Waals surface area contributed by atoms with Crippen LogP contribution >= 0.6 is 0 Å². The molecule has 1 aliphatic heterocycles. The summed E-state index contributed by atoms with van der Waals surface area (Å²) in [4.78, 5) is 0. The number of halogens is 2. The maximum absolute atomic E-state index is 13.7. The number of rotatable bonds is 1. The summed E-state index contributed by atoms with van der Waals surface area (Å²) >= 11 is 0. The van der Waals surface area contributed by atoms with E-state index < -0.39 is 11.6 Å². The molecule has 0 bridgehead atoms. The van der Waals surface area contributed by atoms with E-state index in [2.05, 4.69) is 5.32 Å². The van der Waals surface area contributed by atoms with Gasteiger partial charge in [0.1, 0.15) is 11.6 Å². The molecule has 2 fully saturated rings. The Morgan fingerprint density at radius 1 is 1.22 bits per heavy atom. The second-order valence-corrected chi connectivity index (χ2v) is 5.19. The van der Waals surface area contributed by atoms with Crippen LogP contribution in [0.4, 0.5) is 8.78 Å². The van der Waals surface area contributed by atoms with Crippen LogP contribution in [0.2, 0.25) is 0 Å². The molecular formula is C14H17F2NO. The minimum Gasteiger partial charge on any atom is -0.372 e. The fourth-order valence-electron chi connectivity index (χ4n) is 3.02. The van der Waals surface area contributed by atoms with Crippen molar-refractivity contribution in [1.29, 1.82) is 0 Å². The van der Waals surface area contributed by atoms with Crippen LogP contribution < -0.4 is 5.32 Å². The van der Waals surface area contributed by atoms with E-state index in [1.165, 1.54) is 18.6 Å². The Hall–Kier alpha value is -1.00. The Bertz CT molecular complexity index is 424. The molecule has 0 spiro atoms. The molecule has 3 rings (SSSR count). The van der Waals surface area contributed by atoms with Crippen LogP contribution in [0.5, 0.6) is 0 Å². The molecule has 2 aliphatic rings. The van der Waals surface area contributed by atoms with E-state index in [1.807, 2.05) is 0 Å². The van der Waals surface area contributed by atoms with Gasteiger partial charge in [0.25, 0.3) is 0 Å². The molecule has 1 saturated carbocycles. The molecule has 2 nitrogen and oxygen atoms in total. The lowest BCUT2D eigenvalue weighted by atomic mass is 10.1. The van der Waals surface area contributed by atoms with Gasteiger partial charge in [-0.15, -0.1) is 0 Å². The van der Waals surface area contributed by atoms with Crippen molar-refractivity contribution in [3.05, 3.63) is 35.4 Å². The fourth-order valence-corrected chi connectivity index (χ4v) is 3.02. The van der Waals surface area contributed by atoms with Crippen LogP contribution in [-0.4, -0.2) is 19.2 Å². The SMILES string of the molecule is Fc1ccc(F)c(C2CNC3CCCC3CO2)c1. The molecule has 4 heteroatoms. The van der Waals surface area contributed by atoms with E-state index in [9.17, 15) is 8.78 Å². The van der Waals surface area contributed by atoms with Crippen LogP contribution in [0.25, 0.3) is 0 Å². The van der Waals surface area contributed by atoms with Crippen LogP contribution in [0, 0.1) is 17.6 Å². The quantitative estimate of drug-likeness (QED) is 0.831. The van der Waals surface area contributed by atoms with E-state index in [-0.39, 0.29) is 6.10 Å². The first-order valence-corrected chi connectivity index (χ1v) is 6.54. The molecule has 1 N–H and O–H groups in total. The predicted molar refractivity (Wildman–Crippen MR) is 64.2 cm³/mol. The van der Waals surface area contributed by atoms with Gasteiger partial charge in [-0.3, -0.25) is 0 Å². The number of hydrogen-bond donors (Lipinski definition) is 1. The van der Waals surface area contributed by atoms with Crippen LogP contribution in [-0.2, 0) is 4.74 Å². The van der Waals surface area contributed by atoms with Gasteiger partial charge in [0.15, 0.2) is 0 Å². The summed E-state index contributed by atoms with van der Waals surface area (Å²) in [7, 11) is 0. The number of ether oxygens (including phenoxy) is 1. The first-order valence-electron chi connectivity index (χ1n) is 6.54. The second-order valence-electron chi connectivity index (χ2n) is 5.19. The molecule has 1 aromatic rings. The van der Waals surface area contributed by atoms with Gasteiger partial charge >= 0.3 is 0 Å². The van der Waals surface area contributed by atoms with Gasteiger partial charge in [-0.05, 0) is 37.0 Å². The summed E-state index contributed by atoms with van der Waals surface area (Å²) in [6.07, 6.45) is 3.17. The fraction of sp³-hybridized carbons (Fsp3) is 0.571. The zero-order chi connectivity index (χ0) is 12.5. The third kappa shape index (κ3) is 2.27. The highest BCUT2D eigenvalue weighted by Crippen LogP contribution is 2.31. The van der Waals surface area contributed by atoms with Gasteiger partial charge in [-0.1, -0.05) is 6.42 Å². The molecule has 1 aromatic carbocycles. The van der Waals surface area contributed by atoms with Gasteiger partial charge in [0.2, 0.25) is 0 Å². The minimum atomic E-state index is -0.417. The Morgan fingerprint density at radius 3 is 3.00 bits per heavy atom. The first-order chi connectivity index (χ1) is 8.74. The summed E-state index contributed by atoms with van der Waals surface area (Å²) in [5.74, 6) is -0.290. The maximum Gasteiger partial charge on any atom is 0.129 e. The van der Waals surface area contributed by atoms with Crippen molar-refractivity contribution in [2.45, 2.75) is 31.4 Å². The van der Waals surface area contributed by atoms with Gasteiger partial charge < -0.3 is 10.1 Å². The highest BCUT2D eigenvalue weighted by Gasteiger charge is 2.32. The number of hydrogen-bond acceptors (Lipinski definition) is 2. The van der Waals surface area contributed by atoms with E-state index in [1.54, 1.807) is 0 Å². The number of benzene rings is 1. The van der Waals surface area contributed by atoms with Gasteiger partial charge in [0.05, 0.1) is 12.7 Å². The minimum absolute atomic E-state index is 0.322. The average molecular weight is 253 g/mol. The molecule has 0 radical (unpaired) electrons. The molecule has 98 valence electrons. The van der Waals surface area contributed by atoms with Gasteiger partial charge in [-0.25, -0.2) is 8.78 Å². The van der Waals surface area contributed by atoms with Gasteiger partial charge in [0, 0.05) is 18.2 Å². The lowest BCUT2D eigenvalue weighted by Gasteiger charge is -2.17. The summed E-state index contributed by atoms with van der Waals surface area (Å²) in [5.41, 5.74) is 0.322. The summed E-state index contributed by atoms with van der Waals surface area (Å²) in [6, 6.07) is 4.02. The average Bonchev–Trinajstić information content (AvgIpc) is 2.72. The Balaban J connectivity index is 1.78. The summed E-state index contributed by atoms with van der Waals surface area (Å²) in [6.45, 7) is 1.19. The van der Waals surface area contributed by atoms with E-state index in [0.29, 0.717) is 30.7 Å². The molecular weight excluding hydrogens is 236 g/mol. The van der Waals surface area contributed by atoms with Crippen molar-refractivity contribution in [2.75, 3.05) is 13.2 Å². The smallest absolute Gasteiger partial charge is 0.129 e. The van der Waals surface area contributed by atoms with Crippen LogP contribution in [0.3, 0.4) is 0 Å². The Kier molecular flexibility index (Phi) is 3.31. The van der Waals surface area contributed by atoms with E-state index >= 15 is 0 Å². The maximum atomic E-state index is 13.7. The van der Waals surface area contributed by atoms with Crippen LogP contribution in [0.15, 0.2) is 18.2 Å². The zero-order valence-electron chi connectivity index (χ0n) is 10.2. The first kappa shape index (κ1) is 12.1. The third-order valence-corrected chi connectivity index (χ3v) is 4.04. The van der Waals surface area contributed by atoms with Crippen molar-refractivity contribution in [3.8, 4) is 0 Å². The standard InChI is InChI=1S/C14H17F2NO/c15-10-4-5-12(16)11(6-10)14-7-17-13-3-1-2-9(13)8-18-14/h4-6,9,13-14,17H,1-3,7-8H2. The predicted octanol–water partition coefficient (Wildman–Crippen LogP) is 2.79. The normalized spacial score (nSPS) is 32.0. The lowest BCUT2D eigenvalue weighted by Crippen LogP contribution is -2.32. The highest BCUT2D eigenvalue weighted by molar-refractivity contribution is 5.22. The van der Waals surface area contributed by atoms with E-state index in [4.69, 9.17) is 4.74 Å². The molecule has 0 amide bonds.